The van der Waals surface area contributed by atoms with Crippen LogP contribution < -0.4 is 0 Å². The van der Waals surface area contributed by atoms with Crippen LogP contribution in [0.25, 0.3) is 0 Å². The summed E-state index contributed by atoms with van der Waals surface area (Å²) in [5.41, 5.74) is 0. The summed E-state index contributed by atoms with van der Waals surface area (Å²) < 4.78 is 24.0. The molecule has 0 saturated heterocycles. The minimum absolute atomic E-state index is 0.373. The van der Waals surface area contributed by atoms with Crippen LogP contribution in [0.2, 0.25) is 0 Å². The highest BCUT2D eigenvalue weighted by atomic mass is 19.3. The first-order valence-electron chi connectivity index (χ1n) is 3.98. The van der Waals surface area contributed by atoms with Gasteiger partial charge in [0.25, 0.3) is 0 Å². The molecule has 10 heavy (non-hydrogen) atoms. The number of rotatable bonds is 1. The maximum absolute atomic E-state index is 12.0. The number of hydrogen-bond acceptors (Lipinski definition) is 0. The van der Waals surface area contributed by atoms with Gasteiger partial charge in [-0.1, -0.05) is 25.7 Å². The van der Waals surface area contributed by atoms with E-state index in [-0.39, 0.29) is 5.92 Å². The minimum Gasteiger partial charge on any atom is -0.200 e. The Morgan fingerprint density at radius 3 is 1.80 bits per heavy atom. The van der Waals surface area contributed by atoms with Gasteiger partial charge in [0, 0.05) is 5.92 Å². The minimum atomic E-state index is -1.35. The van der Waals surface area contributed by atoms with Gasteiger partial charge in [-0.25, -0.2) is 0 Å². The molecule has 0 heterocycles. The van der Waals surface area contributed by atoms with E-state index in [9.17, 15) is 8.78 Å². The molecule has 0 nitrogen and oxygen atoms in total. The second-order valence-electron chi connectivity index (χ2n) is 2.98. The highest BCUT2D eigenvalue weighted by Gasteiger charge is 2.22. The van der Waals surface area contributed by atoms with Crippen LogP contribution in [0.4, 0.5) is 8.78 Å². The largest absolute Gasteiger partial charge is 0.313 e. The van der Waals surface area contributed by atoms with Crippen molar-refractivity contribution in [2.24, 2.45) is 5.92 Å². The van der Waals surface area contributed by atoms with Gasteiger partial charge in [0.15, 0.2) is 0 Å². The molecule has 0 spiro atoms. The zero-order valence-electron chi connectivity index (χ0n) is 6.08. The summed E-state index contributed by atoms with van der Waals surface area (Å²) in [7, 11) is 0. The molecule has 0 amide bonds. The second kappa shape index (κ2) is 3.89. The quantitative estimate of drug-likeness (QED) is 0.499. The van der Waals surface area contributed by atoms with E-state index in [1.807, 2.05) is 0 Å². The summed E-state index contributed by atoms with van der Waals surface area (Å²) in [6.45, 7) is 0. The van der Waals surface area contributed by atoms with Crippen molar-refractivity contribution in [2.45, 2.75) is 38.5 Å². The smallest absolute Gasteiger partial charge is 0.200 e. The highest BCUT2D eigenvalue weighted by Crippen LogP contribution is 2.31. The van der Waals surface area contributed by atoms with Gasteiger partial charge in [-0.3, -0.25) is 0 Å². The lowest BCUT2D eigenvalue weighted by Crippen LogP contribution is -2.02. The third kappa shape index (κ3) is 2.24. The second-order valence-corrected chi connectivity index (χ2v) is 2.98. The number of halogens is 2. The van der Waals surface area contributed by atoms with Crippen molar-refractivity contribution in [1.82, 2.24) is 0 Å². The van der Waals surface area contributed by atoms with Crippen molar-refractivity contribution >= 4 is 0 Å². The van der Waals surface area contributed by atoms with Gasteiger partial charge in [0.1, 0.15) is 0 Å². The molecule has 1 fully saturated rings. The molecule has 0 aromatic carbocycles. The third-order valence-electron chi connectivity index (χ3n) is 2.16. The molecule has 1 saturated carbocycles. The van der Waals surface area contributed by atoms with E-state index in [1.54, 1.807) is 0 Å². The molecule has 59 valence electrons. The maximum Gasteiger partial charge on any atom is 0.313 e. The molecule has 1 aliphatic rings. The average molecular weight is 147 g/mol. The standard InChI is InChI=1S/C8H13F2/c9-8(10)7-5-3-1-2-4-6-7/h7H,1-6H2. The Labute approximate surface area is 60.6 Å². The lowest BCUT2D eigenvalue weighted by atomic mass is 10.0. The molecule has 0 aromatic heterocycles. The molecular weight excluding hydrogens is 134 g/mol. The molecule has 0 N–H and O–H groups in total. The highest BCUT2D eigenvalue weighted by molar-refractivity contribution is 4.76. The zero-order chi connectivity index (χ0) is 7.40. The fraction of sp³-hybridized carbons (Fsp3) is 0.875. The molecule has 0 unspecified atom stereocenters. The van der Waals surface area contributed by atoms with Crippen molar-refractivity contribution < 1.29 is 8.78 Å². The fourth-order valence-electron chi connectivity index (χ4n) is 1.50. The summed E-state index contributed by atoms with van der Waals surface area (Å²) in [6, 6.07) is 0. The van der Waals surface area contributed by atoms with Gasteiger partial charge in [-0.15, -0.1) is 0 Å². The van der Waals surface area contributed by atoms with Crippen molar-refractivity contribution in [3.05, 3.63) is 6.43 Å². The van der Waals surface area contributed by atoms with Crippen LogP contribution in [0.1, 0.15) is 38.5 Å². The van der Waals surface area contributed by atoms with Gasteiger partial charge in [-0.2, -0.15) is 8.78 Å². The van der Waals surface area contributed by atoms with Gasteiger partial charge in [0.05, 0.1) is 0 Å². The zero-order valence-corrected chi connectivity index (χ0v) is 6.08. The maximum atomic E-state index is 12.0. The first kappa shape index (κ1) is 7.96. The SMILES string of the molecule is F[C](F)C1CCCCCC1. The number of hydrogen-bond donors (Lipinski definition) is 0. The molecule has 1 rings (SSSR count). The topological polar surface area (TPSA) is 0 Å². The molecule has 0 atom stereocenters. The van der Waals surface area contributed by atoms with Crippen molar-refractivity contribution in [1.29, 1.82) is 0 Å². The van der Waals surface area contributed by atoms with E-state index in [0.29, 0.717) is 12.8 Å². The Morgan fingerprint density at radius 1 is 0.900 bits per heavy atom. The summed E-state index contributed by atoms with van der Waals surface area (Å²) in [4.78, 5) is 0. The Kier molecular flexibility index (Phi) is 3.10. The van der Waals surface area contributed by atoms with E-state index >= 15 is 0 Å². The molecule has 1 radical (unpaired) electrons. The fourth-order valence-corrected chi connectivity index (χ4v) is 1.50. The first-order chi connectivity index (χ1) is 4.80. The first-order valence-corrected chi connectivity index (χ1v) is 3.98. The Bertz CT molecular complexity index is 83.3. The van der Waals surface area contributed by atoms with Gasteiger partial charge < -0.3 is 0 Å². The van der Waals surface area contributed by atoms with Crippen LogP contribution in [0.5, 0.6) is 0 Å². The van der Waals surface area contributed by atoms with Crippen LogP contribution in [-0.2, 0) is 0 Å². The van der Waals surface area contributed by atoms with Crippen molar-refractivity contribution in [3.63, 3.8) is 0 Å². The van der Waals surface area contributed by atoms with E-state index in [4.69, 9.17) is 0 Å². The normalized spacial score (nSPS) is 23.1. The Hall–Kier alpha value is -0.140. The van der Waals surface area contributed by atoms with Crippen LogP contribution in [0.3, 0.4) is 0 Å². The van der Waals surface area contributed by atoms with Gasteiger partial charge in [0.2, 0.25) is 0 Å². The lowest BCUT2D eigenvalue weighted by molar-refractivity contribution is 0.191. The summed E-state index contributed by atoms with van der Waals surface area (Å²) >= 11 is 0. The van der Waals surface area contributed by atoms with Crippen LogP contribution in [0.15, 0.2) is 0 Å². The molecule has 1 aliphatic carbocycles. The molecule has 0 aliphatic heterocycles. The molecule has 2 heteroatoms. The predicted molar refractivity (Wildman–Crippen MR) is 36.7 cm³/mol. The average Bonchev–Trinajstić information content (AvgIpc) is 2.12. The van der Waals surface area contributed by atoms with Gasteiger partial charge in [-0.05, 0) is 12.8 Å². The van der Waals surface area contributed by atoms with E-state index in [2.05, 4.69) is 0 Å². The van der Waals surface area contributed by atoms with Crippen molar-refractivity contribution in [2.75, 3.05) is 0 Å². The van der Waals surface area contributed by atoms with Crippen molar-refractivity contribution in [3.8, 4) is 0 Å². The summed E-state index contributed by atoms with van der Waals surface area (Å²) in [6.07, 6.45) is 4.34. The Morgan fingerprint density at radius 2 is 1.40 bits per heavy atom. The van der Waals surface area contributed by atoms with Crippen LogP contribution in [0, 0.1) is 12.3 Å². The van der Waals surface area contributed by atoms with Crippen LogP contribution in [-0.4, -0.2) is 0 Å². The summed E-state index contributed by atoms with van der Waals surface area (Å²) in [5, 5.41) is 0. The molecular formula is C8H13F2. The van der Waals surface area contributed by atoms with Crippen LogP contribution >= 0.6 is 0 Å². The van der Waals surface area contributed by atoms with Gasteiger partial charge >= 0.3 is 6.43 Å². The van der Waals surface area contributed by atoms with E-state index in [0.717, 1.165) is 25.7 Å². The monoisotopic (exact) mass is 147 g/mol. The van der Waals surface area contributed by atoms with E-state index in [1.165, 1.54) is 0 Å². The molecule has 0 bridgehead atoms. The summed E-state index contributed by atoms with van der Waals surface area (Å²) in [5.74, 6) is -0.373. The van der Waals surface area contributed by atoms with E-state index < -0.39 is 6.43 Å². The lowest BCUT2D eigenvalue weighted by Gasteiger charge is -2.09. The third-order valence-corrected chi connectivity index (χ3v) is 2.16. The predicted octanol–water partition coefficient (Wildman–Crippen LogP) is 3.39. The molecule has 0 aromatic rings. The Balaban J connectivity index is 2.28.